The summed E-state index contributed by atoms with van der Waals surface area (Å²) in [5.74, 6) is -7.23. The summed E-state index contributed by atoms with van der Waals surface area (Å²) in [6, 6.07) is 7.32. The zero-order chi connectivity index (χ0) is 27.9. The number of H-pyrrole nitrogens is 1. The smallest absolute Gasteiger partial charge is 0.353 e. The number of primary amides is 2. The molecule has 6 N–H and O–H groups in total. The number of thioether (sulfide) groups is 1. The molecule has 1 aromatic heterocycles. The lowest BCUT2D eigenvalue weighted by Crippen LogP contribution is -2.59. The van der Waals surface area contributed by atoms with Crippen molar-refractivity contribution in [2.75, 3.05) is 5.75 Å². The molecular weight excluding hydrogens is 524 g/mol. The molecule has 16 heteroatoms. The van der Waals surface area contributed by atoms with E-state index in [1.165, 1.54) is 36.0 Å². The first-order valence-corrected chi connectivity index (χ1v) is 11.9. The van der Waals surface area contributed by atoms with Gasteiger partial charge in [0, 0.05) is 18.2 Å². The number of nitrogens with zero attached hydrogens (tertiary/aromatic N) is 3. The Morgan fingerprint density at radius 2 is 1.95 bits per heavy atom. The Balaban J connectivity index is 2.13. The number of nitrogens with one attached hydrogen (secondary N) is 1. The van der Waals surface area contributed by atoms with E-state index in [4.69, 9.17) is 16.2 Å². The fourth-order valence-corrected chi connectivity index (χ4v) is 5.87. The molecule has 0 spiro atoms. The topological polar surface area (TPSA) is 242 Å². The van der Waals surface area contributed by atoms with Crippen LogP contribution in [0.1, 0.15) is 35.2 Å². The number of carbonyl (C=O) groups is 5. The zero-order valence-electron chi connectivity index (χ0n) is 19.6. The molecule has 0 aliphatic carbocycles. The van der Waals surface area contributed by atoms with Gasteiger partial charge >= 0.3 is 17.8 Å². The van der Waals surface area contributed by atoms with Crippen LogP contribution >= 0.6 is 11.8 Å². The van der Waals surface area contributed by atoms with Gasteiger partial charge in [-0.2, -0.15) is 4.98 Å². The molecule has 1 aromatic carbocycles. The lowest BCUT2D eigenvalue weighted by atomic mass is 9.71. The molecular formula is C22H20N6O9S. The fraction of sp³-hybridized carbons (Fsp3) is 0.273. The van der Waals surface area contributed by atoms with Crippen LogP contribution in [-0.4, -0.2) is 71.8 Å². The van der Waals surface area contributed by atoms with Gasteiger partial charge in [0.1, 0.15) is 5.70 Å². The summed E-state index contributed by atoms with van der Waals surface area (Å²) < 4.78 is 5.56. The molecule has 3 amide bonds. The number of aromatic nitrogens is 2. The van der Waals surface area contributed by atoms with Crippen LogP contribution in [0.2, 0.25) is 0 Å². The maximum Gasteiger partial charge on any atom is 0.353 e. The molecule has 3 atom stereocenters. The molecule has 15 nitrogen and oxygen atoms in total. The van der Waals surface area contributed by atoms with Crippen LogP contribution in [0.25, 0.3) is 0 Å². The van der Waals surface area contributed by atoms with Crippen LogP contribution in [0.5, 0.6) is 0 Å². The van der Waals surface area contributed by atoms with E-state index in [0.29, 0.717) is 0 Å². The predicted octanol–water partition coefficient (Wildman–Crippen LogP) is -0.236. The molecule has 2 aliphatic heterocycles. The number of carbonyl (C=O) groups excluding carboxylic acids is 4. The van der Waals surface area contributed by atoms with E-state index in [9.17, 15) is 39.2 Å². The zero-order valence-corrected chi connectivity index (χ0v) is 20.4. The first kappa shape index (κ1) is 26.3. The number of nitrogens with two attached hydrogens (primary N) is 2. The Morgan fingerprint density at radius 3 is 2.42 bits per heavy atom. The predicted molar refractivity (Wildman–Crippen MR) is 128 cm³/mol. The van der Waals surface area contributed by atoms with Crippen molar-refractivity contribution in [3.63, 3.8) is 0 Å². The van der Waals surface area contributed by atoms with Crippen molar-refractivity contribution in [3.8, 4) is 0 Å². The van der Waals surface area contributed by atoms with E-state index >= 15 is 0 Å². The van der Waals surface area contributed by atoms with Gasteiger partial charge in [-0.15, -0.1) is 11.8 Å². The van der Waals surface area contributed by atoms with Crippen LogP contribution in [0.4, 0.5) is 5.82 Å². The summed E-state index contributed by atoms with van der Waals surface area (Å²) in [5, 5.41) is 21.3. The Morgan fingerprint density at radius 1 is 1.29 bits per heavy atom. The molecule has 2 unspecified atom stereocenters. The number of benzene rings is 1. The van der Waals surface area contributed by atoms with E-state index in [1.807, 2.05) is 0 Å². The van der Waals surface area contributed by atoms with Crippen molar-refractivity contribution in [2.24, 2.45) is 11.5 Å². The normalized spacial score (nSPS) is 19.0. The van der Waals surface area contributed by atoms with Crippen LogP contribution < -0.4 is 11.5 Å². The first-order chi connectivity index (χ1) is 17.9. The van der Waals surface area contributed by atoms with E-state index in [-0.39, 0.29) is 23.3 Å². The molecule has 0 bridgehead atoms. The number of carboxylic acid groups (broad SMARTS) is 1. The van der Waals surface area contributed by atoms with Crippen molar-refractivity contribution >= 4 is 47.2 Å². The van der Waals surface area contributed by atoms with Crippen LogP contribution in [-0.2, 0) is 29.3 Å². The monoisotopic (exact) mass is 544 g/mol. The number of nitro groups is 1. The number of esters is 1. The summed E-state index contributed by atoms with van der Waals surface area (Å²) in [6.45, 7) is 0.998. The Labute approximate surface area is 217 Å². The number of β-lactam (4-membered cyclic amide) rings is 1. The van der Waals surface area contributed by atoms with Gasteiger partial charge in [0.05, 0.1) is 11.8 Å². The largest absolute Gasteiger partial charge is 0.477 e. The molecule has 2 aromatic rings. The number of imidazole rings is 1. The number of hydrogen-bond acceptors (Lipinski definition) is 10. The SMILES string of the molecule is CC(=O)OC(C1=C(C(=O)O)N2C(=O)C[C@H]2SC1)C(C(N)=O)(c1ccccc1)c1nc(C(N)=O)c([N+](=O)[O-])[nH]1. The molecule has 0 saturated carbocycles. The number of aliphatic carboxylic acids is 1. The Hall–Kier alpha value is -4.73. The minimum Gasteiger partial charge on any atom is -0.477 e. The van der Waals surface area contributed by atoms with Crippen molar-refractivity contribution in [1.82, 2.24) is 14.9 Å². The van der Waals surface area contributed by atoms with Crippen molar-refractivity contribution in [2.45, 2.75) is 30.2 Å². The van der Waals surface area contributed by atoms with E-state index in [1.54, 1.807) is 6.07 Å². The van der Waals surface area contributed by atoms with E-state index in [0.717, 1.165) is 11.8 Å². The molecule has 198 valence electrons. The highest BCUT2D eigenvalue weighted by Gasteiger charge is 2.59. The third-order valence-electron chi connectivity index (χ3n) is 6.17. The second-order valence-corrected chi connectivity index (χ2v) is 9.51. The summed E-state index contributed by atoms with van der Waals surface area (Å²) in [6.07, 6.45) is -1.78. The highest BCUT2D eigenvalue weighted by Crippen LogP contribution is 2.47. The molecule has 1 saturated heterocycles. The molecule has 4 rings (SSSR count). The Kier molecular flexibility index (Phi) is 6.67. The third kappa shape index (κ3) is 4.03. The second kappa shape index (κ2) is 9.62. The number of amides is 3. The number of aromatic amines is 1. The van der Waals surface area contributed by atoms with Crippen LogP contribution in [0, 0.1) is 10.1 Å². The van der Waals surface area contributed by atoms with Crippen molar-refractivity contribution < 1.29 is 38.7 Å². The summed E-state index contributed by atoms with van der Waals surface area (Å²) >= 11 is 1.17. The number of carboxylic acids is 1. The summed E-state index contributed by atoms with van der Waals surface area (Å²) in [7, 11) is 0. The van der Waals surface area contributed by atoms with Gasteiger partial charge in [0.15, 0.2) is 11.5 Å². The van der Waals surface area contributed by atoms with Crippen LogP contribution in [0.3, 0.4) is 0 Å². The number of hydrogen-bond donors (Lipinski definition) is 4. The van der Waals surface area contributed by atoms with Crippen molar-refractivity contribution in [3.05, 3.63) is 68.8 Å². The molecule has 38 heavy (non-hydrogen) atoms. The third-order valence-corrected chi connectivity index (χ3v) is 7.41. The molecule has 2 aliphatic rings. The Bertz CT molecular complexity index is 1390. The van der Waals surface area contributed by atoms with E-state index < -0.39 is 74.5 Å². The standard InChI is InChI=1S/C22H20N6O9S/c1-9(29)37-16(11-8-38-13-7-12(30)27(13)15(11)19(32)33)22(20(24)34,10-5-3-2-4-6-10)21-25-14(17(23)31)18(26-21)28(35)36/h2-6,13,16H,7-8H2,1H3,(H2,23,31)(H2,24,34)(H,25,26)(H,32,33)/t13-,16?,22?/m1/s1. The maximum atomic E-state index is 13.5. The highest BCUT2D eigenvalue weighted by atomic mass is 32.2. The number of fused-ring (bicyclic) bond motifs is 1. The van der Waals surface area contributed by atoms with Crippen molar-refractivity contribution in [1.29, 1.82) is 0 Å². The van der Waals surface area contributed by atoms with Gasteiger partial charge in [-0.05, 0) is 10.5 Å². The van der Waals surface area contributed by atoms with Gasteiger partial charge in [0.2, 0.25) is 23.3 Å². The average Bonchev–Trinajstić information content (AvgIpc) is 3.29. The van der Waals surface area contributed by atoms with Gasteiger partial charge in [-0.25, -0.2) is 9.78 Å². The molecule has 3 heterocycles. The van der Waals surface area contributed by atoms with Gasteiger partial charge in [-0.3, -0.25) is 24.1 Å². The minimum absolute atomic E-state index is 0.00211. The maximum absolute atomic E-state index is 13.5. The highest BCUT2D eigenvalue weighted by molar-refractivity contribution is 8.00. The van der Waals surface area contributed by atoms with E-state index in [2.05, 4.69) is 9.97 Å². The summed E-state index contributed by atoms with van der Waals surface area (Å²) in [4.78, 5) is 80.5. The lowest BCUT2D eigenvalue weighted by Gasteiger charge is -2.46. The number of ether oxygens (including phenoxy) is 1. The quantitative estimate of drug-likeness (QED) is 0.139. The van der Waals surface area contributed by atoms with Gasteiger partial charge in [-0.1, -0.05) is 30.3 Å². The number of rotatable bonds is 9. The summed E-state index contributed by atoms with van der Waals surface area (Å²) in [5.41, 5.74) is 7.24. The fourth-order valence-electron chi connectivity index (χ4n) is 4.58. The molecule has 0 radical (unpaired) electrons. The first-order valence-electron chi connectivity index (χ1n) is 10.9. The van der Waals surface area contributed by atoms with Gasteiger partial charge in [0.25, 0.3) is 5.91 Å². The van der Waals surface area contributed by atoms with Gasteiger partial charge < -0.3 is 31.4 Å². The average molecular weight is 545 g/mol. The second-order valence-electron chi connectivity index (χ2n) is 8.34. The minimum atomic E-state index is -2.43. The lowest BCUT2D eigenvalue weighted by molar-refractivity contribution is -0.389. The van der Waals surface area contributed by atoms with Crippen LogP contribution in [0.15, 0.2) is 41.6 Å². The molecule has 1 fully saturated rings.